The van der Waals surface area contributed by atoms with Crippen molar-refractivity contribution in [3.63, 3.8) is 0 Å². The number of halogens is 4. The molecule has 3 heterocycles. The van der Waals surface area contributed by atoms with Crippen LogP contribution in [0.15, 0.2) is 36.5 Å². The standard InChI is InChI=1S/C22H19ClF3N9O2/c1-11-7-12(2)17(14(8-11)19(36)27-3)29-20(37)16-9-13(10-34-21(22(24,25)26)30-32-33-34)31-35(16)18-15(23)5-4-6-28-18/h4-9H,10H2,1-3H3,(H,27,36)(H,29,37). The van der Waals surface area contributed by atoms with Gasteiger partial charge in [-0.05, 0) is 59.7 Å². The van der Waals surface area contributed by atoms with Gasteiger partial charge in [-0.15, -0.1) is 5.10 Å². The van der Waals surface area contributed by atoms with E-state index in [0.29, 0.717) is 10.2 Å². The van der Waals surface area contributed by atoms with Gasteiger partial charge in [0.2, 0.25) is 0 Å². The van der Waals surface area contributed by atoms with Gasteiger partial charge < -0.3 is 10.6 Å². The predicted molar refractivity (Wildman–Crippen MR) is 126 cm³/mol. The Morgan fingerprint density at radius 1 is 1.14 bits per heavy atom. The van der Waals surface area contributed by atoms with Crippen LogP contribution in [0.5, 0.6) is 0 Å². The largest absolute Gasteiger partial charge is 0.453 e. The van der Waals surface area contributed by atoms with Crippen molar-refractivity contribution in [3.05, 3.63) is 75.5 Å². The topological polar surface area (TPSA) is 133 Å². The first-order valence-corrected chi connectivity index (χ1v) is 11.0. The van der Waals surface area contributed by atoms with Crippen molar-refractivity contribution in [2.75, 3.05) is 12.4 Å². The van der Waals surface area contributed by atoms with Crippen molar-refractivity contribution in [1.29, 1.82) is 0 Å². The molecule has 0 radical (unpaired) electrons. The molecule has 0 atom stereocenters. The summed E-state index contributed by atoms with van der Waals surface area (Å²) in [7, 11) is 1.46. The number of pyridine rings is 1. The smallest absolute Gasteiger partial charge is 0.355 e. The maximum absolute atomic E-state index is 13.5. The number of carbonyl (C=O) groups excluding carboxylic acids is 2. The second-order valence-electron chi connectivity index (χ2n) is 7.94. The molecule has 2 amide bonds. The van der Waals surface area contributed by atoms with Crippen LogP contribution >= 0.6 is 11.6 Å². The molecule has 192 valence electrons. The van der Waals surface area contributed by atoms with E-state index in [9.17, 15) is 22.8 Å². The molecule has 4 rings (SSSR count). The van der Waals surface area contributed by atoms with Crippen molar-refractivity contribution in [2.24, 2.45) is 0 Å². The fourth-order valence-electron chi connectivity index (χ4n) is 3.66. The second-order valence-corrected chi connectivity index (χ2v) is 8.34. The number of amides is 2. The number of tetrazole rings is 1. The number of nitrogens with one attached hydrogen (secondary N) is 2. The number of aryl methyl sites for hydroxylation is 2. The molecular weight excluding hydrogens is 515 g/mol. The zero-order valence-corrected chi connectivity index (χ0v) is 20.4. The Labute approximate surface area is 212 Å². The molecular formula is C22H19ClF3N9O2. The van der Waals surface area contributed by atoms with E-state index in [4.69, 9.17) is 11.6 Å². The molecule has 15 heteroatoms. The monoisotopic (exact) mass is 533 g/mol. The summed E-state index contributed by atoms with van der Waals surface area (Å²) in [6, 6.07) is 7.76. The van der Waals surface area contributed by atoms with Gasteiger partial charge in [-0.3, -0.25) is 9.59 Å². The van der Waals surface area contributed by atoms with Gasteiger partial charge in [0.05, 0.1) is 28.5 Å². The van der Waals surface area contributed by atoms with Gasteiger partial charge in [0, 0.05) is 13.2 Å². The summed E-state index contributed by atoms with van der Waals surface area (Å²) in [5.41, 5.74) is 1.85. The highest BCUT2D eigenvalue weighted by molar-refractivity contribution is 6.32. The second kappa shape index (κ2) is 9.97. The van der Waals surface area contributed by atoms with Gasteiger partial charge in [0.25, 0.3) is 17.6 Å². The molecule has 11 nitrogen and oxygen atoms in total. The molecule has 2 N–H and O–H groups in total. The lowest BCUT2D eigenvalue weighted by Crippen LogP contribution is -2.23. The van der Waals surface area contributed by atoms with Crippen LogP contribution < -0.4 is 10.6 Å². The number of carbonyl (C=O) groups is 2. The summed E-state index contributed by atoms with van der Waals surface area (Å²) in [5, 5.41) is 19.1. The minimum Gasteiger partial charge on any atom is -0.355 e. The number of hydrogen-bond acceptors (Lipinski definition) is 7. The quantitative estimate of drug-likeness (QED) is 0.389. The van der Waals surface area contributed by atoms with Gasteiger partial charge in [-0.1, -0.05) is 17.7 Å². The molecule has 0 spiro atoms. The van der Waals surface area contributed by atoms with Crippen LogP contribution in [-0.2, 0) is 12.7 Å². The Kier molecular flexibility index (Phi) is 6.94. The highest BCUT2D eigenvalue weighted by Crippen LogP contribution is 2.28. The number of anilines is 1. The molecule has 0 aliphatic rings. The summed E-state index contributed by atoms with van der Waals surface area (Å²) < 4.78 is 41.3. The molecule has 1 aromatic carbocycles. The van der Waals surface area contributed by atoms with Gasteiger partial charge in [0.15, 0.2) is 5.82 Å². The first-order valence-electron chi connectivity index (χ1n) is 10.7. The van der Waals surface area contributed by atoms with Crippen LogP contribution in [0.2, 0.25) is 5.02 Å². The van der Waals surface area contributed by atoms with Crippen LogP contribution in [0, 0.1) is 13.8 Å². The third-order valence-electron chi connectivity index (χ3n) is 5.22. The molecule has 4 aromatic rings. The predicted octanol–water partition coefficient (Wildman–Crippen LogP) is 3.20. The molecule has 0 saturated carbocycles. The van der Waals surface area contributed by atoms with Crippen molar-refractivity contribution in [3.8, 4) is 5.82 Å². The number of benzene rings is 1. The number of nitrogens with zero attached hydrogens (tertiary/aromatic N) is 7. The van der Waals surface area contributed by atoms with Gasteiger partial charge in [0.1, 0.15) is 5.69 Å². The Balaban J connectivity index is 1.78. The summed E-state index contributed by atoms with van der Waals surface area (Å²) in [6.45, 7) is 3.04. The average Bonchev–Trinajstić information content (AvgIpc) is 3.48. The lowest BCUT2D eigenvalue weighted by molar-refractivity contribution is -0.147. The van der Waals surface area contributed by atoms with Crippen LogP contribution in [0.4, 0.5) is 18.9 Å². The zero-order valence-electron chi connectivity index (χ0n) is 19.6. The molecule has 0 aliphatic heterocycles. The lowest BCUT2D eigenvalue weighted by atomic mass is 10.0. The minimum atomic E-state index is -4.80. The van der Waals surface area contributed by atoms with E-state index < -0.39 is 30.4 Å². The average molecular weight is 534 g/mol. The Morgan fingerprint density at radius 2 is 1.89 bits per heavy atom. The highest BCUT2D eigenvalue weighted by Gasteiger charge is 2.38. The van der Waals surface area contributed by atoms with Crippen molar-refractivity contribution >= 4 is 29.1 Å². The molecule has 0 fully saturated rings. The summed E-state index contributed by atoms with van der Waals surface area (Å²) in [4.78, 5) is 30.1. The van der Waals surface area contributed by atoms with E-state index in [-0.39, 0.29) is 33.5 Å². The Hall–Kier alpha value is -4.33. The van der Waals surface area contributed by atoms with Gasteiger partial charge in [-0.25, -0.2) is 14.3 Å². The maximum Gasteiger partial charge on any atom is 0.453 e. The van der Waals surface area contributed by atoms with E-state index in [1.54, 1.807) is 25.1 Å². The highest BCUT2D eigenvalue weighted by atomic mass is 35.5. The fourth-order valence-corrected chi connectivity index (χ4v) is 3.86. The SMILES string of the molecule is CNC(=O)c1cc(C)cc(C)c1NC(=O)c1cc(Cn2nnnc2C(F)(F)F)nn1-c1ncccc1Cl. The van der Waals surface area contributed by atoms with Crippen LogP contribution in [0.1, 0.15) is 43.5 Å². The molecule has 0 unspecified atom stereocenters. The number of rotatable bonds is 6. The van der Waals surface area contributed by atoms with Crippen LogP contribution in [0.25, 0.3) is 5.82 Å². The number of alkyl halides is 3. The Morgan fingerprint density at radius 3 is 2.57 bits per heavy atom. The third kappa shape index (κ3) is 5.28. The van der Waals surface area contributed by atoms with E-state index in [2.05, 4.69) is 36.2 Å². The zero-order chi connectivity index (χ0) is 26.9. The normalized spacial score (nSPS) is 11.4. The summed E-state index contributed by atoms with van der Waals surface area (Å²) >= 11 is 6.27. The van der Waals surface area contributed by atoms with E-state index in [1.165, 1.54) is 25.4 Å². The Bertz CT molecular complexity index is 1500. The van der Waals surface area contributed by atoms with E-state index in [0.717, 1.165) is 10.2 Å². The van der Waals surface area contributed by atoms with Crippen molar-refractivity contribution in [2.45, 2.75) is 26.6 Å². The minimum absolute atomic E-state index is 0.0248. The first-order chi connectivity index (χ1) is 17.5. The van der Waals surface area contributed by atoms with E-state index >= 15 is 0 Å². The van der Waals surface area contributed by atoms with E-state index in [1.807, 2.05) is 6.92 Å². The van der Waals surface area contributed by atoms with Crippen LogP contribution in [-0.4, -0.2) is 53.8 Å². The van der Waals surface area contributed by atoms with Crippen molar-refractivity contribution in [1.82, 2.24) is 40.3 Å². The summed E-state index contributed by atoms with van der Waals surface area (Å²) in [5.74, 6) is -2.37. The van der Waals surface area contributed by atoms with Crippen molar-refractivity contribution < 1.29 is 22.8 Å². The molecule has 3 aromatic heterocycles. The van der Waals surface area contributed by atoms with Gasteiger partial charge >= 0.3 is 6.18 Å². The summed E-state index contributed by atoms with van der Waals surface area (Å²) in [6.07, 6.45) is -3.38. The number of aromatic nitrogens is 7. The first kappa shape index (κ1) is 25.8. The fraction of sp³-hybridized carbons (Fsp3) is 0.227. The van der Waals surface area contributed by atoms with Crippen LogP contribution in [0.3, 0.4) is 0 Å². The molecule has 0 aliphatic carbocycles. The lowest BCUT2D eigenvalue weighted by Gasteiger charge is -2.15. The molecule has 0 saturated heterocycles. The molecule has 0 bridgehead atoms. The molecule has 37 heavy (non-hydrogen) atoms. The van der Waals surface area contributed by atoms with Gasteiger partial charge in [-0.2, -0.15) is 18.3 Å². The third-order valence-corrected chi connectivity index (χ3v) is 5.51. The number of hydrogen-bond donors (Lipinski definition) is 2. The maximum atomic E-state index is 13.5.